The summed E-state index contributed by atoms with van der Waals surface area (Å²) >= 11 is 0. The highest BCUT2D eigenvalue weighted by Crippen LogP contribution is 2.13. The van der Waals surface area contributed by atoms with Crippen LogP contribution in [0.1, 0.15) is 5.56 Å². The molecule has 0 unspecified atom stereocenters. The number of hydrogen-bond acceptors (Lipinski definition) is 4. The molecule has 0 aromatic carbocycles. The van der Waals surface area contributed by atoms with Gasteiger partial charge in [-0.3, -0.25) is 14.5 Å². The van der Waals surface area contributed by atoms with Gasteiger partial charge in [0.15, 0.2) is 0 Å². The minimum atomic E-state index is -0.569. The molecule has 0 aliphatic heterocycles. The molecule has 5 nitrogen and oxygen atoms in total. The van der Waals surface area contributed by atoms with Crippen LogP contribution < -0.4 is 5.76 Å². The van der Waals surface area contributed by atoms with Crippen molar-refractivity contribution in [3.8, 4) is 11.5 Å². The SMILES string of the molecule is Cc1cccnc1-c1noc(=O)[nH]1. The summed E-state index contributed by atoms with van der Waals surface area (Å²) in [7, 11) is 0. The van der Waals surface area contributed by atoms with E-state index in [-0.39, 0.29) is 0 Å². The van der Waals surface area contributed by atoms with Crippen LogP contribution in [-0.4, -0.2) is 15.1 Å². The molecular weight excluding hydrogens is 170 g/mol. The van der Waals surface area contributed by atoms with Gasteiger partial charge in [-0.05, 0) is 18.6 Å². The Balaban J connectivity index is 2.58. The van der Waals surface area contributed by atoms with E-state index in [9.17, 15) is 4.79 Å². The lowest BCUT2D eigenvalue weighted by Gasteiger charge is -1.96. The van der Waals surface area contributed by atoms with Gasteiger partial charge >= 0.3 is 5.76 Å². The second-order valence-electron chi connectivity index (χ2n) is 2.61. The van der Waals surface area contributed by atoms with Crippen molar-refractivity contribution in [2.45, 2.75) is 6.92 Å². The van der Waals surface area contributed by atoms with Gasteiger partial charge in [-0.1, -0.05) is 11.2 Å². The molecule has 0 radical (unpaired) electrons. The second-order valence-corrected chi connectivity index (χ2v) is 2.61. The van der Waals surface area contributed by atoms with Crippen molar-refractivity contribution < 1.29 is 4.52 Å². The lowest BCUT2D eigenvalue weighted by atomic mass is 10.2. The van der Waals surface area contributed by atoms with Gasteiger partial charge in [0.05, 0.1) is 0 Å². The zero-order chi connectivity index (χ0) is 9.26. The Labute approximate surface area is 73.4 Å². The summed E-state index contributed by atoms with van der Waals surface area (Å²) < 4.78 is 4.37. The second kappa shape index (κ2) is 2.85. The van der Waals surface area contributed by atoms with Crippen LogP contribution in [0, 0.1) is 6.92 Å². The number of aryl methyl sites for hydroxylation is 1. The number of nitrogens with zero attached hydrogens (tertiary/aromatic N) is 2. The normalized spacial score (nSPS) is 10.2. The van der Waals surface area contributed by atoms with Gasteiger partial charge < -0.3 is 0 Å². The smallest absolute Gasteiger partial charge is 0.296 e. The van der Waals surface area contributed by atoms with E-state index < -0.39 is 5.76 Å². The molecule has 0 spiro atoms. The van der Waals surface area contributed by atoms with Crippen LogP contribution in [-0.2, 0) is 0 Å². The number of nitrogens with one attached hydrogen (secondary N) is 1. The van der Waals surface area contributed by atoms with Crippen LogP contribution >= 0.6 is 0 Å². The lowest BCUT2D eigenvalue weighted by molar-refractivity contribution is 0.387. The Morgan fingerprint density at radius 1 is 1.54 bits per heavy atom. The molecular formula is C8H7N3O2. The number of aromatic nitrogens is 3. The van der Waals surface area contributed by atoms with Gasteiger partial charge in [-0.15, -0.1) is 0 Å². The first-order chi connectivity index (χ1) is 6.27. The Bertz CT molecular complexity index is 472. The van der Waals surface area contributed by atoms with E-state index in [0.717, 1.165) is 5.56 Å². The molecule has 2 aromatic heterocycles. The highest BCUT2D eigenvalue weighted by atomic mass is 16.5. The highest BCUT2D eigenvalue weighted by molar-refractivity contribution is 5.52. The molecule has 13 heavy (non-hydrogen) atoms. The molecule has 0 saturated carbocycles. The van der Waals surface area contributed by atoms with Crippen molar-refractivity contribution in [2.24, 2.45) is 0 Å². The molecule has 2 rings (SSSR count). The number of rotatable bonds is 1. The minimum absolute atomic E-state index is 0.364. The quantitative estimate of drug-likeness (QED) is 0.697. The van der Waals surface area contributed by atoms with Crippen LogP contribution in [0.4, 0.5) is 0 Å². The highest BCUT2D eigenvalue weighted by Gasteiger charge is 2.07. The van der Waals surface area contributed by atoms with Gasteiger partial charge in [0.25, 0.3) is 0 Å². The monoisotopic (exact) mass is 177 g/mol. The van der Waals surface area contributed by atoms with E-state index in [0.29, 0.717) is 11.5 Å². The third-order valence-corrected chi connectivity index (χ3v) is 1.67. The molecule has 1 N–H and O–H groups in total. The van der Waals surface area contributed by atoms with E-state index >= 15 is 0 Å². The molecule has 0 amide bonds. The summed E-state index contributed by atoms with van der Waals surface area (Å²) in [6.07, 6.45) is 1.63. The van der Waals surface area contributed by atoms with Gasteiger partial charge in [-0.25, -0.2) is 4.79 Å². The summed E-state index contributed by atoms with van der Waals surface area (Å²) in [6, 6.07) is 3.70. The molecule has 0 aliphatic carbocycles. The fourth-order valence-corrected chi connectivity index (χ4v) is 1.07. The topological polar surface area (TPSA) is 71.8 Å². The Morgan fingerprint density at radius 3 is 3.00 bits per heavy atom. The van der Waals surface area contributed by atoms with Crippen molar-refractivity contribution in [3.63, 3.8) is 0 Å². The van der Waals surface area contributed by atoms with Gasteiger partial charge in [-0.2, -0.15) is 0 Å². The maximum absolute atomic E-state index is 10.7. The van der Waals surface area contributed by atoms with Crippen molar-refractivity contribution >= 4 is 0 Å². The van der Waals surface area contributed by atoms with Crippen molar-refractivity contribution in [3.05, 3.63) is 34.4 Å². The van der Waals surface area contributed by atoms with Crippen LogP contribution in [0.5, 0.6) is 0 Å². The number of H-pyrrole nitrogens is 1. The minimum Gasteiger partial charge on any atom is -0.296 e. The van der Waals surface area contributed by atoms with Crippen LogP contribution in [0.3, 0.4) is 0 Å². The first-order valence-electron chi connectivity index (χ1n) is 3.75. The van der Waals surface area contributed by atoms with Crippen molar-refractivity contribution in [1.29, 1.82) is 0 Å². The lowest BCUT2D eigenvalue weighted by Crippen LogP contribution is -1.96. The van der Waals surface area contributed by atoms with E-state index in [1.807, 2.05) is 19.1 Å². The summed E-state index contributed by atoms with van der Waals surface area (Å²) in [6.45, 7) is 1.88. The molecule has 2 heterocycles. The summed E-state index contributed by atoms with van der Waals surface area (Å²) in [5.41, 5.74) is 1.57. The van der Waals surface area contributed by atoms with E-state index in [1.165, 1.54) is 0 Å². The molecule has 0 aliphatic rings. The fraction of sp³-hybridized carbons (Fsp3) is 0.125. The molecule has 0 atom stereocenters. The van der Waals surface area contributed by atoms with Crippen molar-refractivity contribution in [2.75, 3.05) is 0 Å². The maximum Gasteiger partial charge on any atom is 0.439 e. The van der Waals surface area contributed by atoms with Crippen LogP contribution in [0.25, 0.3) is 11.5 Å². The predicted octanol–water partition coefficient (Wildman–Crippen LogP) is 0.733. The van der Waals surface area contributed by atoms with E-state index in [4.69, 9.17) is 0 Å². The third-order valence-electron chi connectivity index (χ3n) is 1.67. The summed E-state index contributed by atoms with van der Waals surface area (Å²) in [4.78, 5) is 17.2. The summed E-state index contributed by atoms with van der Waals surface area (Å²) in [5, 5.41) is 3.54. The van der Waals surface area contributed by atoms with Gasteiger partial charge in [0.1, 0.15) is 5.69 Å². The number of hydrogen-bond donors (Lipinski definition) is 1. The first kappa shape index (κ1) is 7.72. The Morgan fingerprint density at radius 2 is 2.38 bits per heavy atom. The van der Waals surface area contributed by atoms with Crippen LogP contribution in [0.2, 0.25) is 0 Å². The Kier molecular flexibility index (Phi) is 1.70. The summed E-state index contributed by atoms with van der Waals surface area (Å²) in [5.74, 6) is -0.205. The number of aromatic amines is 1. The van der Waals surface area contributed by atoms with E-state index in [1.54, 1.807) is 6.20 Å². The molecule has 0 saturated heterocycles. The maximum atomic E-state index is 10.7. The van der Waals surface area contributed by atoms with Crippen molar-refractivity contribution in [1.82, 2.24) is 15.1 Å². The standard InChI is InChI=1S/C8H7N3O2/c1-5-3-2-4-9-6(5)7-10-8(12)13-11-7/h2-4H,1H3,(H,10,11,12). The molecule has 0 fully saturated rings. The van der Waals surface area contributed by atoms with E-state index in [2.05, 4.69) is 19.6 Å². The molecule has 2 aromatic rings. The Hall–Kier alpha value is -1.91. The van der Waals surface area contributed by atoms with Gasteiger partial charge in [0.2, 0.25) is 5.82 Å². The third kappa shape index (κ3) is 1.35. The molecule has 66 valence electrons. The number of pyridine rings is 1. The molecule has 0 bridgehead atoms. The first-order valence-corrected chi connectivity index (χ1v) is 3.75. The fourth-order valence-electron chi connectivity index (χ4n) is 1.07. The zero-order valence-corrected chi connectivity index (χ0v) is 6.94. The molecule has 5 heteroatoms. The predicted molar refractivity (Wildman–Crippen MR) is 45.1 cm³/mol. The van der Waals surface area contributed by atoms with Gasteiger partial charge in [0, 0.05) is 6.20 Å². The van der Waals surface area contributed by atoms with Crippen LogP contribution in [0.15, 0.2) is 27.6 Å². The largest absolute Gasteiger partial charge is 0.439 e. The zero-order valence-electron chi connectivity index (χ0n) is 6.94. The average molecular weight is 177 g/mol. The average Bonchev–Trinajstić information content (AvgIpc) is 2.53.